The van der Waals surface area contributed by atoms with Gasteiger partial charge in [-0.1, -0.05) is 25.4 Å². The fourth-order valence-electron chi connectivity index (χ4n) is 3.72. The van der Waals surface area contributed by atoms with Crippen LogP contribution in [0.25, 0.3) is 0 Å². The maximum Gasteiger partial charge on any atom is 0.255 e. The van der Waals surface area contributed by atoms with Crippen LogP contribution in [0, 0.1) is 11.8 Å². The van der Waals surface area contributed by atoms with Crippen LogP contribution in [-0.2, 0) is 0 Å². The number of halogens is 1. The summed E-state index contributed by atoms with van der Waals surface area (Å²) in [5, 5.41) is 15.0. The summed E-state index contributed by atoms with van der Waals surface area (Å²) in [4.78, 5) is 26.2. The molecule has 1 amide bonds. The highest BCUT2D eigenvalue weighted by Crippen LogP contribution is 2.30. The number of carbonyl (C=O) groups is 2. The van der Waals surface area contributed by atoms with Gasteiger partial charge in [-0.15, -0.1) is 0 Å². The van der Waals surface area contributed by atoms with Gasteiger partial charge >= 0.3 is 0 Å². The highest BCUT2D eigenvalue weighted by atomic mass is 35.5. The van der Waals surface area contributed by atoms with Crippen LogP contribution >= 0.6 is 11.6 Å². The van der Waals surface area contributed by atoms with Gasteiger partial charge in [-0.25, -0.2) is 0 Å². The van der Waals surface area contributed by atoms with Gasteiger partial charge < -0.3 is 20.1 Å². The predicted octanol–water partition coefficient (Wildman–Crippen LogP) is 3.44. The molecule has 1 aliphatic heterocycles. The molecule has 5 nitrogen and oxygen atoms in total. The average Bonchev–Trinajstić information content (AvgIpc) is 2.61. The molecular weight excluding hydrogens is 364 g/mol. The lowest BCUT2D eigenvalue weighted by molar-refractivity contribution is -0.254. The van der Waals surface area contributed by atoms with Crippen molar-refractivity contribution < 1.29 is 14.7 Å². The Balaban J connectivity index is 1.84. The summed E-state index contributed by atoms with van der Waals surface area (Å²) in [6.07, 6.45) is 1.13. The van der Waals surface area contributed by atoms with Gasteiger partial charge in [0.1, 0.15) is 0 Å². The van der Waals surface area contributed by atoms with Crippen LogP contribution in [0.5, 0.6) is 0 Å². The van der Waals surface area contributed by atoms with Crippen LogP contribution in [0.4, 0.5) is 11.4 Å². The summed E-state index contributed by atoms with van der Waals surface area (Å²) in [7, 11) is 0. The van der Waals surface area contributed by atoms with E-state index in [1.54, 1.807) is 36.4 Å². The summed E-state index contributed by atoms with van der Waals surface area (Å²) in [5.41, 5.74) is 1.58. The smallest absolute Gasteiger partial charge is 0.255 e. The monoisotopic (exact) mass is 385 g/mol. The van der Waals surface area contributed by atoms with E-state index in [0.717, 1.165) is 19.5 Å². The number of rotatable bonds is 4. The number of piperidine rings is 1. The topological polar surface area (TPSA) is 72.5 Å². The van der Waals surface area contributed by atoms with Crippen molar-refractivity contribution in [3.8, 4) is 0 Å². The van der Waals surface area contributed by atoms with Gasteiger partial charge in [-0.05, 0) is 60.7 Å². The summed E-state index contributed by atoms with van der Waals surface area (Å²) < 4.78 is 0. The largest absolute Gasteiger partial charge is 0.545 e. The molecular formula is C21H22ClN2O3-. The molecule has 2 atom stereocenters. The second-order valence-electron chi connectivity index (χ2n) is 7.33. The van der Waals surface area contributed by atoms with Gasteiger partial charge in [-0.2, -0.15) is 0 Å². The molecule has 0 aromatic heterocycles. The zero-order chi connectivity index (χ0) is 19.6. The van der Waals surface area contributed by atoms with E-state index >= 15 is 0 Å². The standard InChI is InChI=1S/C21H23ClN2O3/c1-13-9-14(2)12-24(11-13)19-8-7-17(10-18(19)21(26)27)23-20(25)15-3-5-16(22)6-4-15/h3-8,10,13-14H,9,11-12H2,1-2H3,(H,23,25)(H,26,27)/p-1/t13-,14+. The summed E-state index contributed by atoms with van der Waals surface area (Å²) in [5.74, 6) is -0.595. The van der Waals surface area contributed by atoms with E-state index in [1.165, 1.54) is 6.07 Å². The molecule has 3 rings (SSSR count). The van der Waals surface area contributed by atoms with Gasteiger partial charge in [-0.3, -0.25) is 4.79 Å². The van der Waals surface area contributed by atoms with Crippen LogP contribution in [0.15, 0.2) is 42.5 Å². The number of nitrogens with one attached hydrogen (secondary N) is 1. The quantitative estimate of drug-likeness (QED) is 0.875. The zero-order valence-electron chi connectivity index (χ0n) is 15.4. The van der Waals surface area contributed by atoms with Crippen molar-refractivity contribution >= 4 is 34.9 Å². The number of benzene rings is 2. The Morgan fingerprint density at radius 2 is 1.70 bits per heavy atom. The van der Waals surface area contributed by atoms with Crippen LogP contribution in [0.2, 0.25) is 5.02 Å². The second kappa shape index (κ2) is 8.01. The van der Waals surface area contributed by atoms with Crippen molar-refractivity contribution in [3.63, 3.8) is 0 Å². The molecule has 1 aliphatic rings. The molecule has 2 aromatic carbocycles. The minimum absolute atomic E-state index is 0.0882. The van der Waals surface area contributed by atoms with E-state index in [4.69, 9.17) is 11.6 Å². The maximum atomic E-state index is 12.4. The van der Waals surface area contributed by atoms with Crippen molar-refractivity contribution in [2.75, 3.05) is 23.3 Å². The lowest BCUT2D eigenvalue weighted by Gasteiger charge is -2.37. The summed E-state index contributed by atoms with van der Waals surface area (Å²) in [6, 6.07) is 11.4. The van der Waals surface area contributed by atoms with Crippen LogP contribution in [0.1, 0.15) is 41.0 Å². The van der Waals surface area contributed by atoms with Gasteiger partial charge in [0.05, 0.1) is 5.97 Å². The number of hydrogen-bond donors (Lipinski definition) is 1. The molecule has 6 heteroatoms. The molecule has 0 bridgehead atoms. The molecule has 1 heterocycles. The van der Waals surface area contributed by atoms with Crippen molar-refractivity contribution in [3.05, 3.63) is 58.6 Å². The van der Waals surface area contributed by atoms with E-state index in [0.29, 0.717) is 33.8 Å². The Morgan fingerprint density at radius 1 is 1.07 bits per heavy atom. The van der Waals surface area contributed by atoms with Crippen LogP contribution in [0.3, 0.4) is 0 Å². The lowest BCUT2D eigenvalue weighted by atomic mass is 9.91. The number of nitrogens with zero attached hydrogens (tertiary/aromatic N) is 1. The second-order valence-corrected chi connectivity index (χ2v) is 7.77. The molecule has 1 N–H and O–H groups in total. The average molecular weight is 386 g/mol. The maximum absolute atomic E-state index is 12.4. The van der Waals surface area contributed by atoms with Crippen molar-refractivity contribution in [1.29, 1.82) is 0 Å². The van der Waals surface area contributed by atoms with Crippen molar-refractivity contribution in [2.45, 2.75) is 20.3 Å². The van der Waals surface area contributed by atoms with Gasteiger partial charge in [0, 0.05) is 40.6 Å². The molecule has 0 saturated carbocycles. The number of hydrogen-bond acceptors (Lipinski definition) is 4. The van der Waals surface area contributed by atoms with E-state index < -0.39 is 5.97 Å². The first kappa shape index (κ1) is 19.2. The zero-order valence-corrected chi connectivity index (χ0v) is 16.1. The highest BCUT2D eigenvalue weighted by Gasteiger charge is 2.24. The third kappa shape index (κ3) is 4.61. The molecule has 0 radical (unpaired) electrons. The number of amides is 1. The first-order chi connectivity index (χ1) is 12.8. The number of carboxylic acid groups (broad SMARTS) is 1. The molecule has 0 spiro atoms. The Kier molecular flexibility index (Phi) is 5.71. The van der Waals surface area contributed by atoms with Gasteiger partial charge in [0.15, 0.2) is 0 Å². The normalized spacial score (nSPS) is 19.6. The molecule has 1 saturated heterocycles. The number of carbonyl (C=O) groups excluding carboxylic acids is 2. The first-order valence-corrected chi connectivity index (χ1v) is 9.38. The Morgan fingerprint density at radius 3 is 2.30 bits per heavy atom. The Hall–Kier alpha value is -2.53. The minimum Gasteiger partial charge on any atom is -0.545 e. The fourth-order valence-corrected chi connectivity index (χ4v) is 3.84. The first-order valence-electron chi connectivity index (χ1n) is 9.00. The number of anilines is 2. The predicted molar refractivity (Wildman–Crippen MR) is 105 cm³/mol. The van der Waals surface area contributed by atoms with Crippen molar-refractivity contribution in [1.82, 2.24) is 0 Å². The Bertz CT molecular complexity index is 841. The van der Waals surface area contributed by atoms with Crippen LogP contribution < -0.4 is 15.3 Å². The molecule has 142 valence electrons. The molecule has 1 fully saturated rings. The third-order valence-electron chi connectivity index (χ3n) is 4.79. The highest BCUT2D eigenvalue weighted by molar-refractivity contribution is 6.30. The number of carboxylic acids is 1. The Labute approximate surface area is 163 Å². The molecule has 27 heavy (non-hydrogen) atoms. The van der Waals surface area contributed by atoms with E-state index in [9.17, 15) is 14.7 Å². The van der Waals surface area contributed by atoms with E-state index in [1.807, 2.05) is 0 Å². The molecule has 2 aromatic rings. The van der Waals surface area contributed by atoms with Crippen molar-refractivity contribution in [2.24, 2.45) is 11.8 Å². The number of aromatic carboxylic acids is 1. The SMILES string of the molecule is C[C@@H]1C[C@H](C)CN(c2ccc(NC(=O)c3ccc(Cl)cc3)cc2C(=O)[O-])C1. The van der Waals surface area contributed by atoms with Gasteiger partial charge in [0.25, 0.3) is 5.91 Å². The van der Waals surface area contributed by atoms with E-state index in [2.05, 4.69) is 24.1 Å². The van der Waals surface area contributed by atoms with Gasteiger partial charge in [0.2, 0.25) is 0 Å². The minimum atomic E-state index is -1.25. The summed E-state index contributed by atoms with van der Waals surface area (Å²) >= 11 is 5.84. The fraction of sp³-hybridized carbons (Fsp3) is 0.333. The molecule has 0 unspecified atom stereocenters. The summed E-state index contributed by atoms with van der Waals surface area (Å²) in [6.45, 7) is 5.95. The lowest BCUT2D eigenvalue weighted by Crippen LogP contribution is -2.40. The van der Waals surface area contributed by atoms with E-state index in [-0.39, 0.29) is 11.5 Å². The third-order valence-corrected chi connectivity index (χ3v) is 5.04. The molecule has 0 aliphatic carbocycles. The van der Waals surface area contributed by atoms with Crippen LogP contribution in [-0.4, -0.2) is 25.0 Å².